The van der Waals surface area contributed by atoms with Gasteiger partial charge < -0.3 is 13.3 Å². The smallest absolute Gasteiger partial charge is 0.219 e. The Balaban J connectivity index is 1.24. The zero-order chi connectivity index (χ0) is 33.4. The molecule has 5 aliphatic rings. The first-order chi connectivity index (χ1) is 21.4. The third kappa shape index (κ3) is 6.43. The molecule has 5 aliphatic carbocycles. The van der Waals surface area contributed by atoms with E-state index in [0.29, 0.717) is 52.6 Å². The van der Waals surface area contributed by atoms with Crippen LogP contribution in [-0.4, -0.2) is 39.0 Å². The molecule has 0 bridgehead atoms. The molecule has 5 fully saturated rings. The van der Waals surface area contributed by atoms with Gasteiger partial charge in [0.2, 0.25) is 11.8 Å². The molecule has 5 saturated carbocycles. The summed E-state index contributed by atoms with van der Waals surface area (Å²) in [6.07, 6.45) is 16.0. The largest absolute Gasteiger partial charge is 0.425 e. The highest BCUT2D eigenvalue weighted by Crippen LogP contribution is 2.70. The van der Waals surface area contributed by atoms with Gasteiger partial charge in [0.05, 0.1) is 6.10 Å². The fourth-order valence-electron chi connectivity index (χ4n) is 11.6. The second-order valence-corrected chi connectivity index (χ2v) is 29.2. The highest BCUT2D eigenvalue weighted by Gasteiger charge is 2.66. The Hall–Kier alpha value is -0.506. The molecule has 1 heterocycles. The van der Waals surface area contributed by atoms with Gasteiger partial charge in [-0.1, -0.05) is 54.9 Å². The summed E-state index contributed by atoms with van der Waals surface area (Å²) in [6.45, 7) is 29.9. The Morgan fingerprint density at radius 2 is 1.54 bits per heavy atom. The molecule has 0 aromatic carbocycles. The van der Waals surface area contributed by atoms with Crippen molar-refractivity contribution in [3.63, 3.8) is 0 Å². The van der Waals surface area contributed by atoms with E-state index in [-0.39, 0.29) is 5.04 Å². The topological polar surface area (TPSA) is 57.4 Å². The fraction of sp³-hybridized carbons (Fsp3) is 0.949. The second-order valence-electron chi connectivity index (χ2n) is 20.0. The Kier molecular flexibility index (Phi) is 9.50. The van der Waals surface area contributed by atoms with E-state index in [1.807, 2.05) is 0 Å². The Morgan fingerprint density at radius 1 is 0.870 bits per heavy atom. The lowest BCUT2D eigenvalue weighted by Crippen LogP contribution is -2.64. The van der Waals surface area contributed by atoms with Crippen LogP contribution in [0.5, 0.6) is 0 Å². The van der Waals surface area contributed by atoms with E-state index >= 15 is 0 Å². The summed E-state index contributed by atoms with van der Waals surface area (Å²) >= 11 is 0. The van der Waals surface area contributed by atoms with E-state index in [2.05, 4.69) is 91.4 Å². The SMILES string of the molecule is CC[C@H]1C(O[Si](C)(C)C)[C@@H]2[C@H](CCC3(C)C([C@H](C)CCc4nnc(C5CC5)o4)CC[C@@H]23)C2(C)CCC(O[Si](C)(C)C(C)(C)C)CC12. The van der Waals surface area contributed by atoms with Gasteiger partial charge in [-0.25, -0.2) is 0 Å². The minimum absolute atomic E-state index is 0.258. The molecular formula is C39H70N2O3Si2. The molecule has 0 N–H and O–H groups in total. The molecule has 46 heavy (non-hydrogen) atoms. The quantitative estimate of drug-likeness (QED) is 0.232. The average molecular weight is 671 g/mol. The van der Waals surface area contributed by atoms with Crippen molar-refractivity contribution in [1.29, 1.82) is 0 Å². The van der Waals surface area contributed by atoms with Gasteiger partial charge in [-0.2, -0.15) is 0 Å². The van der Waals surface area contributed by atoms with E-state index in [1.54, 1.807) is 0 Å². The first kappa shape index (κ1) is 35.3. The van der Waals surface area contributed by atoms with E-state index in [4.69, 9.17) is 13.3 Å². The van der Waals surface area contributed by atoms with Gasteiger partial charge in [0.1, 0.15) is 0 Å². The van der Waals surface area contributed by atoms with E-state index < -0.39 is 16.6 Å². The minimum Gasteiger partial charge on any atom is -0.425 e. The van der Waals surface area contributed by atoms with Gasteiger partial charge >= 0.3 is 0 Å². The number of aryl methyl sites for hydroxylation is 1. The molecule has 0 radical (unpaired) electrons. The van der Waals surface area contributed by atoms with Crippen molar-refractivity contribution in [2.75, 3.05) is 0 Å². The van der Waals surface area contributed by atoms with E-state index in [1.165, 1.54) is 64.2 Å². The molecule has 0 aliphatic heterocycles. The maximum Gasteiger partial charge on any atom is 0.219 e. The fourth-order valence-corrected chi connectivity index (χ4v) is 14.1. The van der Waals surface area contributed by atoms with Gasteiger partial charge in [-0.3, -0.25) is 0 Å². The minimum atomic E-state index is -1.81. The lowest BCUT2D eigenvalue weighted by molar-refractivity contribution is -0.197. The van der Waals surface area contributed by atoms with Crippen LogP contribution in [0.2, 0.25) is 37.8 Å². The Morgan fingerprint density at radius 3 is 2.17 bits per heavy atom. The van der Waals surface area contributed by atoms with Gasteiger partial charge in [-0.05, 0) is 154 Å². The van der Waals surface area contributed by atoms with E-state index in [0.717, 1.165) is 42.4 Å². The van der Waals surface area contributed by atoms with Gasteiger partial charge in [0.25, 0.3) is 0 Å². The summed E-state index contributed by atoms with van der Waals surface area (Å²) in [5.41, 5.74) is 0.806. The average Bonchev–Trinajstić information content (AvgIpc) is 3.58. The molecule has 6 rings (SSSR count). The number of aromatic nitrogens is 2. The summed E-state index contributed by atoms with van der Waals surface area (Å²) in [7, 11) is -3.56. The molecule has 1 aromatic heterocycles. The first-order valence-corrected chi connectivity index (χ1v) is 25.9. The predicted octanol–water partition coefficient (Wildman–Crippen LogP) is 11.0. The van der Waals surface area contributed by atoms with Crippen molar-refractivity contribution in [1.82, 2.24) is 10.2 Å². The lowest BCUT2D eigenvalue weighted by Gasteiger charge is -2.66. The zero-order valence-electron chi connectivity index (χ0n) is 31.9. The van der Waals surface area contributed by atoms with E-state index in [9.17, 15) is 0 Å². The predicted molar refractivity (Wildman–Crippen MR) is 194 cm³/mol. The number of hydrogen-bond acceptors (Lipinski definition) is 5. The van der Waals surface area contributed by atoms with Crippen LogP contribution in [0.1, 0.15) is 137 Å². The Bertz CT molecular complexity index is 1220. The highest BCUT2D eigenvalue weighted by molar-refractivity contribution is 6.74. The third-order valence-electron chi connectivity index (χ3n) is 15.1. The monoisotopic (exact) mass is 670 g/mol. The van der Waals surface area contributed by atoms with Crippen LogP contribution in [0.15, 0.2) is 4.42 Å². The van der Waals surface area contributed by atoms with Crippen LogP contribution in [0.25, 0.3) is 0 Å². The van der Waals surface area contributed by atoms with Crippen molar-refractivity contribution < 1.29 is 13.3 Å². The Labute approximate surface area is 284 Å². The maximum absolute atomic E-state index is 7.50. The van der Waals surface area contributed by atoms with Gasteiger partial charge in [-0.15, -0.1) is 10.2 Å². The van der Waals surface area contributed by atoms with Crippen LogP contribution in [0, 0.1) is 52.3 Å². The molecule has 11 atom stereocenters. The first-order valence-electron chi connectivity index (χ1n) is 19.6. The molecule has 5 nitrogen and oxygen atoms in total. The van der Waals surface area contributed by atoms with Gasteiger partial charge in [0.15, 0.2) is 16.6 Å². The molecule has 0 saturated heterocycles. The molecule has 6 unspecified atom stereocenters. The van der Waals surface area contributed by atoms with Crippen molar-refractivity contribution in [3.8, 4) is 0 Å². The van der Waals surface area contributed by atoms with Crippen LogP contribution in [0.4, 0.5) is 0 Å². The summed E-state index contributed by atoms with van der Waals surface area (Å²) in [5, 5.41) is 9.06. The van der Waals surface area contributed by atoms with Crippen molar-refractivity contribution in [2.24, 2.45) is 52.3 Å². The van der Waals surface area contributed by atoms with Crippen LogP contribution >= 0.6 is 0 Å². The number of nitrogens with zero attached hydrogens (tertiary/aromatic N) is 2. The van der Waals surface area contributed by atoms with Crippen LogP contribution < -0.4 is 0 Å². The molecular weight excluding hydrogens is 601 g/mol. The normalized spacial score (nSPS) is 40.7. The molecule has 0 amide bonds. The van der Waals surface area contributed by atoms with Gasteiger partial charge in [0, 0.05) is 18.4 Å². The van der Waals surface area contributed by atoms with Crippen molar-refractivity contribution >= 4 is 16.6 Å². The highest BCUT2D eigenvalue weighted by atomic mass is 28.4. The summed E-state index contributed by atoms with van der Waals surface area (Å²) in [6, 6.07) is 0. The van der Waals surface area contributed by atoms with Crippen molar-refractivity contribution in [3.05, 3.63) is 11.8 Å². The zero-order valence-corrected chi connectivity index (χ0v) is 33.9. The lowest BCUT2D eigenvalue weighted by atomic mass is 9.41. The molecule has 7 heteroatoms. The maximum atomic E-state index is 7.50. The summed E-state index contributed by atoms with van der Waals surface area (Å²) in [4.78, 5) is 0. The number of rotatable bonds is 10. The number of fused-ring (bicyclic) bond motifs is 5. The molecule has 0 spiro atoms. The summed E-state index contributed by atoms with van der Waals surface area (Å²) < 4.78 is 20.8. The van der Waals surface area contributed by atoms with Crippen molar-refractivity contribution in [2.45, 2.75) is 181 Å². The summed E-state index contributed by atoms with van der Waals surface area (Å²) in [5.74, 6) is 7.34. The molecule has 1 aromatic rings. The second kappa shape index (κ2) is 12.4. The third-order valence-corrected chi connectivity index (χ3v) is 20.6. The van der Waals surface area contributed by atoms with Crippen LogP contribution in [-0.2, 0) is 15.3 Å². The molecule has 262 valence electrons. The number of hydrogen-bond donors (Lipinski definition) is 0. The van der Waals surface area contributed by atoms with Crippen LogP contribution in [0.3, 0.4) is 0 Å². The standard InChI is InChI=1S/C39H70N2O3Si2/c1-13-28-32-24-27(43-46(11,12)37(3,4)5)20-22-39(32,7)31-21-23-38(6)29(17-18-30(38)34(31)35(28)44-45(8,9)10)25(2)14-19-33-40-41-36(42-33)26-15-16-26/h25-32,34-35H,13-24H2,1-12H3/t25-,27?,28-,29?,30+,31+,32?,34+,35?,38?,39?/m1/s1.